The zero-order valence-corrected chi connectivity index (χ0v) is 16.5. The first-order valence-electron chi connectivity index (χ1n) is 9.35. The van der Waals surface area contributed by atoms with E-state index >= 15 is 0 Å². The van der Waals surface area contributed by atoms with Crippen LogP contribution in [0.3, 0.4) is 0 Å². The van der Waals surface area contributed by atoms with Crippen LogP contribution in [0.5, 0.6) is 0 Å². The third-order valence-corrected chi connectivity index (χ3v) is 6.31. The van der Waals surface area contributed by atoms with Crippen LogP contribution in [0.25, 0.3) is 0 Å². The van der Waals surface area contributed by atoms with E-state index in [1.165, 1.54) is 5.56 Å². The van der Waals surface area contributed by atoms with Crippen LogP contribution in [0.2, 0.25) is 0 Å². The molecule has 136 valence electrons. The Bertz CT molecular complexity index is 751. The summed E-state index contributed by atoms with van der Waals surface area (Å²) in [5, 5.41) is 0. The molecule has 1 aliphatic carbocycles. The first-order chi connectivity index (χ1) is 12.7. The molecule has 0 radical (unpaired) electrons. The van der Waals surface area contributed by atoms with Crippen molar-refractivity contribution in [2.45, 2.75) is 31.2 Å². The normalized spacial score (nSPS) is 19.8. The van der Waals surface area contributed by atoms with Gasteiger partial charge in [-0.25, -0.2) is 0 Å². The van der Waals surface area contributed by atoms with Gasteiger partial charge in [-0.1, -0.05) is 40.5 Å². The van der Waals surface area contributed by atoms with E-state index in [9.17, 15) is 4.79 Å². The largest absolute Gasteiger partial charge is 0.339 e. The fourth-order valence-electron chi connectivity index (χ4n) is 4.06. The fourth-order valence-corrected chi connectivity index (χ4v) is 4.32. The molecule has 4 rings (SSSR count). The summed E-state index contributed by atoms with van der Waals surface area (Å²) in [4.78, 5) is 22.2. The van der Waals surface area contributed by atoms with Crippen molar-refractivity contribution in [3.63, 3.8) is 0 Å². The summed E-state index contributed by atoms with van der Waals surface area (Å²) >= 11 is 3.49. The van der Waals surface area contributed by atoms with Gasteiger partial charge in [-0.3, -0.25) is 14.7 Å². The third-order valence-electron chi connectivity index (χ3n) is 5.78. The van der Waals surface area contributed by atoms with Gasteiger partial charge < -0.3 is 4.90 Å². The first-order valence-corrected chi connectivity index (χ1v) is 10.1. The zero-order chi connectivity index (χ0) is 18.0. The highest BCUT2D eigenvalue weighted by molar-refractivity contribution is 9.10. The predicted molar refractivity (Wildman–Crippen MR) is 106 cm³/mol. The average molecular weight is 414 g/mol. The van der Waals surface area contributed by atoms with E-state index in [-0.39, 0.29) is 5.41 Å². The maximum Gasteiger partial charge on any atom is 0.233 e. The first kappa shape index (κ1) is 17.7. The van der Waals surface area contributed by atoms with Gasteiger partial charge in [-0.05, 0) is 42.7 Å². The SMILES string of the molecule is O=C(N1CCN(Cc2ccccn2)CC1)C1(c2ccc(Br)cc2)CCC1. The number of hydrogen-bond acceptors (Lipinski definition) is 3. The molecule has 1 saturated carbocycles. The molecule has 2 heterocycles. The summed E-state index contributed by atoms with van der Waals surface area (Å²) in [7, 11) is 0. The molecule has 4 nitrogen and oxygen atoms in total. The Kier molecular flexibility index (Phi) is 5.09. The van der Waals surface area contributed by atoms with Crippen molar-refractivity contribution < 1.29 is 4.79 Å². The number of benzene rings is 1. The summed E-state index contributed by atoms with van der Waals surface area (Å²) in [5.41, 5.74) is 1.98. The number of nitrogens with zero attached hydrogens (tertiary/aromatic N) is 3. The number of halogens is 1. The highest BCUT2D eigenvalue weighted by Gasteiger charge is 2.47. The van der Waals surface area contributed by atoms with Crippen LogP contribution in [-0.4, -0.2) is 46.9 Å². The van der Waals surface area contributed by atoms with Crippen LogP contribution < -0.4 is 0 Å². The van der Waals surface area contributed by atoms with Gasteiger partial charge >= 0.3 is 0 Å². The Morgan fingerprint density at radius 2 is 1.77 bits per heavy atom. The van der Waals surface area contributed by atoms with Gasteiger partial charge in [0.25, 0.3) is 0 Å². The highest BCUT2D eigenvalue weighted by atomic mass is 79.9. The topological polar surface area (TPSA) is 36.4 Å². The van der Waals surface area contributed by atoms with E-state index in [1.54, 1.807) is 0 Å². The zero-order valence-electron chi connectivity index (χ0n) is 14.9. The van der Waals surface area contributed by atoms with Crippen LogP contribution in [0.15, 0.2) is 53.1 Å². The molecule has 2 aliphatic rings. The lowest BCUT2D eigenvalue weighted by Gasteiger charge is -2.46. The Morgan fingerprint density at radius 3 is 2.35 bits per heavy atom. The molecule has 2 aromatic rings. The van der Waals surface area contributed by atoms with Crippen molar-refractivity contribution in [3.05, 3.63) is 64.4 Å². The minimum Gasteiger partial charge on any atom is -0.339 e. The number of hydrogen-bond donors (Lipinski definition) is 0. The van der Waals surface area contributed by atoms with Crippen molar-refractivity contribution in [2.75, 3.05) is 26.2 Å². The fraction of sp³-hybridized carbons (Fsp3) is 0.429. The Balaban J connectivity index is 1.40. The van der Waals surface area contributed by atoms with Gasteiger partial charge in [0, 0.05) is 43.4 Å². The number of amides is 1. The molecular weight excluding hydrogens is 390 g/mol. The van der Waals surface area contributed by atoms with Crippen LogP contribution in [-0.2, 0) is 16.8 Å². The number of carbonyl (C=O) groups is 1. The van der Waals surface area contributed by atoms with Gasteiger partial charge in [-0.2, -0.15) is 0 Å². The Labute approximate surface area is 163 Å². The molecule has 0 N–H and O–H groups in total. The molecule has 0 unspecified atom stereocenters. The van der Waals surface area contributed by atoms with Crippen molar-refractivity contribution in [1.29, 1.82) is 0 Å². The molecular formula is C21H24BrN3O. The van der Waals surface area contributed by atoms with E-state index in [0.717, 1.165) is 62.2 Å². The summed E-state index contributed by atoms with van der Waals surface area (Å²) in [6, 6.07) is 14.4. The second-order valence-corrected chi connectivity index (χ2v) is 8.25. The van der Waals surface area contributed by atoms with E-state index in [4.69, 9.17) is 0 Å². The van der Waals surface area contributed by atoms with E-state index in [0.29, 0.717) is 5.91 Å². The number of rotatable bonds is 4. The number of carbonyl (C=O) groups excluding carboxylic acids is 1. The summed E-state index contributed by atoms with van der Waals surface area (Å²) in [5.74, 6) is 0.323. The third kappa shape index (κ3) is 3.42. The number of aromatic nitrogens is 1. The monoisotopic (exact) mass is 413 g/mol. The smallest absolute Gasteiger partial charge is 0.233 e. The molecule has 0 spiro atoms. The molecule has 5 heteroatoms. The van der Waals surface area contributed by atoms with Crippen LogP contribution >= 0.6 is 15.9 Å². The van der Waals surface area contributed by atoms with Gasteiger partial charge in [0.1, 0.15) is 0 Å². The second-order valence-electron chi connectivity index (χ2n) is 7.33. The lowest BCUT2D eigenvalue weighted by Crippen LogP contribution is -2.56. The van der Waals surface area contributed by atoms with Gasteiger partial charge in [0.2, 0.25) is 5.91 Å². The maximum atomic E-state index is 13.3. The van der Waals surface area contributed by atoms with Crippen molar-refractivity contribution >= 4 is 21.8 Å². The molecule has 1 aromatic heterocycles. The van der Waals surface area contributed by atoms with E-state index in [2.05, 4.69) is 48.9 Å². The van der Waals surface area contributed by atoms with Gasteiger partial charge in [0.05, 0.1) is 11.1 Å². The lowest BCUT2D eigenvalue weighted by molar-refractivity contribution is -0.142. The number of pyridine rings is 1. The molecule has 1 aliphatic heterocycles. The summed E-state index contributed by atoms with van der Waals surface area (Å²) in [6.07, 6.45) is 4.93. The Hall–Kier alpha value is -1.72. The van der Waals surface area contributed by atoms with Crippen LogP contribution in [0.1, 0.15) is 30.5 Å². The highest BCUT2D eigenvalue weighted by Crippen LogP contribution is 2.45. The predicted octanol–water partition coefficient (Wildman–Crippen LogP) is 3.61. The van der Waals surface area contributed by atoms with Crippen molar-refractivity contribution in [2.24, 2.45) is 0 Å². The second kappa shape index (κ2) is 7.49. The van der Waals surface area contributed by atoms with Crippen LogP contribution in [0, 0.1) is 0 Å². The Morgan fingerprint density at radius 1 is 1.04 bits per heavy atom. The van der Waals surface area contributed by atoms with E-state index < -0.39 is 0 Å². The molecule has 1 amide bonds. The number of piperazine rings is 1. The minimum atomic E-state index is -0.288. The average Bonchev–Trinajstić information content (AvgIpc) is 2.64. The molecule has 26 heavy (non-hydrogen) atoms. The standard InChI is InChI=1S/C21H24BrN3O/c22-18-7-5-17(6-8-18)21(9-3-10-21)20(26)25-14-12-24(13-15-25)16-19-4-1-2-11-23-19/h1-2,4-8,11H,3,9-10,12-16H2. The van der Waals surface area contributed by atoms with Gasteiger partial charge in [-0.15, -0.1) is 0 Å². The van der Waals surface area contributed by atoms with Crippen molar-refractivity contribution in [1.82, 2.24) is 14.8 Å². The van der Waals surface area contributed by atoms with Crippen molar-refractivity contribution in [3.8, 4) is 0 Å². The van der Waals surface area contributed by atoms with E-state index in [1.807, 2.05) is 30.5 Å². The maximum absolute atomic E-state index is 13.3. The quantitative estimate of drug-likeness (QED) is 0.767. The molecule has 1 aromatic carbocycles. The minimum absolute atomic E-state index is 0.288. The van der Waals surface area contributed by atoms with Gasteiger partial charge in [0.15, 0.2) is 0 Å². The summed E-state index contributed by atoms with van der Waals surface area (Å²) in [6.45, 7) is 4.31. The molecule has 0 atom stereocenters. The summed E-state index contributed by atoms with van der Waals surface area (Å²) < 4.78 is 1.06. The molecule has 1 saturated heterocycles. The lowest BCUT2D eigenvalue weighted by atomic mass is 9.63. The molecule has 2 fully saturated rings. The molecule has 0 bridgehead atoms. The van der Waals surface area contributed by atoms with Crippen LogP contribution in [0.4, 0.5) is 0 Å².